The maximum Gasteiger partial charge on any atom is 0.306 e. The van der Waals surface area contributed by atoms with Gasteiger partial charge in [-0.2, -0.15) is 0 Å². The summed E-state index contributed by atoms with van der Waals surface area (Å²) in [5.74, 6) is -1.58. The summed E-state index contributed by atoms with van der Waals surface area (Å²) in [4.78, 5) is 28.8. The van der Waals surface area contributed by atoms with E-state index in [0.29, 0.717) is 42.4 Å². The molecule has 1 fully saturated rings. The van der Waals surface area contributed by atoms with E-state index in [9.17, 15) is 14.0 Å². The van der Waals surface area contributed by atoms with Crippen LogP contribution >= 0.6 is 0 Å². The smallest absolute Gasteiger partial charge is 0.306 e. The Balaban J connectivity index is 1.36. The number of carbonyl (C=O) groups excluding carboxylic acids is 1. The Kier molecular flexibility index (Phi) is 6.01. The van der Waals surface area contributed by atoms with Gasteiger partial charge < -0.3 is 15.0 Å². The van der Waals surface area contributed by atoms with Gasteiger partial charge in [0.1, 0.15) is 5.82 Å². The first-order chi connectivity index (χ1) is 16.5. The Bertz CT molecular complexity index is 1370. The molecule has 0 bridgehead atoms. The first-order valence-electron chi connectivity index (χ1n) is 11.6. The van der Waals surface area contributed by atoms with Crippen LogP contribution in [0.5, 0.6) is 0 Å². The zero-order valence-electron chi connectivity index (χ0n) is 18.7. The van der Waals surface area contributed by atoms with Crippen LogP contribution < -0.4 is 5.32 Å². The number of nitrogens with zero attached hydrogens (tertiary/aromatic N) is 2. The number of nitrogens with one attached hydrogen (secondary N) is 1. The summed E-state index contributed by atoms with van der Waals surface area (Å²) in [6.45, 7) is 0.912. The maximum absolute atomic E-state index is 14.3. The fraction of sp³-hybridized carbons (Fsp3) is 0.296. The van der Waals surface area contributed by atoms with Gasteiger partial charge in [0.25, 0.3) is 5.91 Å². The van der Waals surface area contributed by atoms with Crippen LogP contribution in [0, 0.1) is 17.7 Å². The largest absolute Gasteiger partial charge is 0.481 e. The molecule has 2 aromatic heterocycles. The summed E-state index contributed by atoms with van der Waals surface area (Å²) in [6.07, 6.45) is 6.47. The van der Waals surface area contributed by atoms with Gasteiger partial charge in [0.2, 0.25) is 0 Å². The molecule has 2 aromatic carbocycles. The second kappa shape index (κ2) is 9.25. The van der Waals surface area contributed by atoms with Gasteiger partial charge in [-0.25, -0.2) is 4.39 Å². The van der Waals surface area contributed by atoms with Crippen LogP contribution in [0.15, 0.2) is 60.9 Å². The number of carboxylic acid groups (broad SMARTS) is 1. The predicted octanol–water partition coefficient (Wildman–Crippen LogP) is 5.00. The monoisotopic (exact) mass is 459 g/mol. The standard InChI is InChI=1S/C27H26FN3O3/c28-22-11-20-9-10-31(16-23-12-19-3-1-2-4-21(19)15-29-23)25(20)24(13-22)26(32)30-14-17-5-7-18(8-6-17)27(33)34/h1-4,9-13,15,17-18H,5-8,14,16H2,(H,30,32)(H,33,34)/t17-,18-. The van der Waals surface area contributed by atoms with Crippen molar-refractivity contribution in [1.82, 2.24) is 14.9 Å². The number of aromatic nitrogens is 2. The first kappa shape index (κ1) is 22.1. The number of hydrogen-bond acceptors (Lipinski definition) is 3. The van der Waals surface area contributed by atoms with Crippen molar-refractivity contribution >= 4 is 33.6 Å². The number of benzene rings is 2. The lowest BCUT2D eigenvalue weighted by Crippen LogP contribution is -2.32. The van der Waals surface area contributed by atoms with E-state index in [2.05, 4.69) is 10.3 Å². The van der Waals surface area contributed by atoms with E-state index in [1.165, 1.54) is 12.1 Å². The van der Waals surface area contributed by atoms with Crippen molar-refractivity contribution < 1.29 is 19.1 Å². The number of rotatable bonds is 6. The highest BCUT2D eigenvalue weighted by molar-refractivity contribution is 6.06. The lowest BCUT2D eigenvalue weighted by molar-refractivity contribution is -0.143. The quantitative estimate of drug-likeness (QED) is 0.425. The molecular formula is C27H26FN3O3. The van der Waals surface area contributed by atoms with E-state index in [1.807, 2.05) is 53.4 Å². The lowest BCUT2D eigenvalue weighted by atomic mass is 9.82. The highest BCUT2D eigenvalue weighted by atomic mass is 19.1. The molecule has 7 heteroatoms. The minimum absolute atomic E-state index is 0.234. The number of aliphatic carboxylic acids is 1. The molecule has 0 unspecified atom stereocenters. The number of carboxylic acids is 1. The van der Waals surface area contributed by atoms with Crippen LogP contribution in [0.1, 0.15) is 41.7 Å². The average molecular weight is 460 g/mol. The van der Waals surface area contributed by atoms with Crippen LogP contribution in [-0.2, 0) is 11.3 Å². The van der Waals surface area contributed by atoms with Gasteiger partial charge in [-0.15, -0.1) is 0 Å². The van der Waals surface area contributed by atoms with Crippen molar-refractivity contribution in [1.29, 1.82) is 0 Å². The number of hydrogen-bond donors (Lipinski definition) is 2. The third kappa shape index (κ3) is 4.51. The van der Waals surface area contributed by atoms with Crippen molar-refractivity contribution in [3.05, 3.63) is 78.0 Å². The zero-order chi connectivity index (χ0) is 23.7. The van der Waals surface area contributed by atoms with E-state index < -0.39 is 11.8 Å². The SMILES string of the molecule is O=C(NC[C@H]1CC[C@H](C(=O)O)CC1)c1cc(F)cc2ccn(Cc3cc4ccccc4cn3)c12. The van der Waals surface area contributed by atoms with Gasteiger partial charge in [0, 0.05) is 29.7 Å². The average Bonchev–Trinajstić information content (AvgIpc) is 3.24. The second-order valence-electron chi connectivity index (χ2n) is 9.12. The highest BCUT2D eigenvalue weighted by Crippen LogP contribution is 2.29. The molecule has 34 heavy (non-hydrogen) atoms. The van der Waals surface area contributed by atoms with Crippen LogP contribution in [0.2, 0.25) is 0 Å². The summed E-state index contributed by atoms with van der Waals surface area (Å²) in [7, 11) is 0. The fourth-order valence-electron chi connectivity index (χ4n) is 4.95. The molecule has 6 nitrogen and oxygen atoms in total. The van der Waals surface area contributed by atoms with E-state index in [1.54, 1.807) is 0 Å². The minimum Gasteiger partial charge on any atom is -0.481 e. The summed E-state index contributed by atoms with van der Waals surface area (Å²) < 4.78 is 16.3. The van der Waals surface area contributed by atoms with Gasteiger partial charge in [-0.05, 0) is 61.3 Å². The predicted molar refractivity (Wildman–Crippen MR) is 128 cm³/mol. The number of carbonyl (C=O) groups is 2. The molecule has 1 aliphatic rings. The van der Waals surface area contributed by atoms with E-state index in [-0.39, 0.29) is 17.7 Å². The highest BCUT2D eigenvalue weighted by Gasteiger charge is 2.26. The van der Waals surface area contributed by atoms with E-state index >= 15 is 0 Å². The molecule has 0 atom stereocenters. The molecule has 5 rings (SSSR count). The summed E-state index contributed by atoms with van der Waals surface area (Å²) in [5, 5.41) is 14.9. The van der Waals surface area contributed by atoms with Crippen molar-refractivity contribution in [2.24, 2.45) is 11.8 Å². The van der Waals surface area contributed by atoms with Crippen LogP contribution in [0.4, 0.5) is 4.39 Å². The Labute approximate surface area is 196 Å². The third-order valence-electron chi connectivity index (χ3n) is 6.84. The summed E-state index contributed by atoms with van der Waals surface area (Å²) in [5.41, 5.74) is 1.81. The van der Waals surface area contributed by atoms with Gasteiger partial charge in [0.15, 0.2) is 0 Å². The Morgan fingerprint density at radius 2 is 1.79 bits per heavy atom. The molecule has 0 aliphatic heterocycles. The molecule has 1 saturated carbocycles. The molecule has 174 valence electrons. The Morgan fingerprint density at radius 3 is 2.56 bits per heavy atom. The van der Waals surface area contributed by atoms with Crippen molar-refractivity contribution in [2.75, 3.05) is 6.54 Å². The summed E-state index contributed by atoms with van der Waals surface area (Å²) >= 11 is 0. The van der Waals surface area contributed by atoms with Gasteiger partial charge >= 0.3 is 5.97 Å². The first-order valence-corrected chi connectivity index (χ1v) is 11.6. The molecule has 0 saturated heterocycles. The molecule has 2 heterocycles. The van der Waals surface area contributed by atoms with Crippen LogP contribution in [-0.4, -0.2) is 33.1 Å². The lowest BCUT2D eigenvalue weighted by Gasteiger charge is -2.26. The van der Waals surface area contributed by atoms with Crippen molar-refractivity contribution in [2.45, 2.75) is 32.2 Å². The Morgan fingerprint density at radius 1 is 1.03 bits per heavy atom. The third-order valence-corrected chi connectivity index (χ3v) is 6.84. The molecule has 2 N–H and O–H groups in total. The molecule has 0 radical (unpaired) electrons. The van der Waals surface area contributed by atoms with Gasteiger partial charge in [0.05, 0.1) is 29.2 Å². The molecule has 4 aromatic rings. The zero-order valence-corrected chi connectivity index (χ0v) is 18.7. The summed E-state index contributed by atoms with van der Waals surface area (Å²) in [6, 6.07) is 14.5. The molecular weight excluding hydrogens is 433 g/mol. The van der Waals surface area contributed by atoms with Gasteiger partial charge in [-0.1, -0.05) is 24.3 Å². The van der Waals surface area contributed by atoms with Crippen LogP contribution in [0.25, 0.3) is 21.7 Å². The maximum atomic E-state index is 14.3. The molecule has 0 spiro atoms. The minimum atomic E-state index is -0.744. The topological polar surface area (TPSA) is 84.2 Å². The van der Waals surface area contributed by atoms with Crippen molar-refractivity contribution in [3.8, 4) is 0 Å². The number of amides is 1. The normalized spacial score (nSPS) is 18.3. The number of fused-ring (bicyclic) bond motifs is 2. The number of halogens is 1. The number of pyridine rings is 1. The fourth-order valence-corrected chi connectivity index (χ4v) is 4.95. The van der Waals surface area contributed by atoms with Crippen LogP contribution in [0.3, 0.4) is 0 Å². The second-order valence-corrected chi connectivity index (χ2v) is 9.12. The van der Waals surface area contributed by atoms with Crippen molar-refractivity contribution in [3.63, 3.8) is 0 Å². The van der Waals surface area contributed by atoms with Gasteiger partial charge in [-0.3, -0.25) is 14.6 Å². The van der Waals surface area contributed by atoms with E-state index in [0.717, 1.165) is 29.3 Å². The molecule has 1 amide bonds. The molecule has 1 aliphatic carbocycles. The van der Waals surface area contributed by atoms with E-state index in [4.69, 9.17) is 5.11 Å². The Hall–Kier alpha value is -3.74.